The van der Waals surface area contributed by atoms with Crippen LogP contribution in [0.2, 0.25) is 5.02 Å². The lowest BCUT2D eigenvalue weighted by Crippen LogP contribution is -2.33. The normalized spacial score (nSPS) is 17.5. The van der Waals surface area contributed by atoms with Gasteiger partial charge >= 0.3 is 5.97 Å². The van der Waals surface area contributed by atoms with Crippen molar-refractivity contribution in [3.63, 3.8) is 0 Å². The van der Waals surface area contributed by atoms with Gasteiger partial charge in [-0.1, -0.05) is 29.3 Å². The number of hydrazone groups is 1. The fourth-order valence-corrected chi connectivity index (χ4v) is 5.10. The molecule has 39 heavy (non-hydrogen) atoms. The van der Waals surface area contributed by atoms with E-state index in [2.05, 4.69) is 0 Å². The maximum atomic E-state index is 12.6. The van der Waals surface area contributed by atoms with Crippen LogP contribution in [0.5, 0.6) is 17.2 Å². The van der Waals surface area contributed by atoms with Crippen LogP contribution < -0.4 is 14.2 Å². The largest absolute Gasteiger partial charge is 0.494 e. The summed E-state index contributed by atoms with van der Waals surface area (Å²) in [7, 11) is 0. The van der Waals surface area contributed by atoms with Crippen molar-refractivity contribution in [3.8, 4) is 17.2 Å². The Labute approximate surface area is 232 Å². The average Bonchev–Trinajstić information content (AvgIpc) is 3.40. The third-order valence-electron chi connectivity index (χ3n) is 6.91. The first kappa shape index (κ1) is 25.0. The molecule has 6 rings (SSSR count). The quantitative estimate of drug-likeness (QED) is 0.188. The maximum absolute atomic E-state index is 12.6. The lowest BCUT2D eigenvalue weighted by molar-refractivity contribution is -0.0190. The maximum Gasteiger partial charge on any atom is 0.343 e. The molecule has 196 valence electrons. The zero-order valence-electron chi connectivity index (χ0n) is 21.6. The van der Waals surface area contributed by atoms with Crippen molar-refractivity contribution >= 4 is 23.3 Å². The second-order valence-electron chi connectivity index (χ2n) is 9.58. The number of aryl methyl sites for hydroxylation is 1. The monoisotopic (exact) mass is 538 g/mol. The number of carbonyl (C=O) groups excluding carboxylic acids is 1. The molecule has 7 heteroatoms. The number of rotatable bonds is 6. The molecule has 0 saturated carbocycles. The van der Waals surface area contributed by atoms with Gasteiger partial charge in [0.2, 0.25) is 6.23 Å². The molecule has 0 fully saturated rings. The number of carbonyl (C=O) groups is 1. The standard InChI is InChI=1S/C32H27ClN2O4/c1-3-37-25-13-8-21(9-14-25)28-19-29-27-18-24(33)12-17-30(27)39-31(35(29)34-28)22-10-15-26(16-11-22)38-32(36)23-6-4-20(2)5-7-23/h4-18,29,31H,3,19H2,1-2H3/t29-,31-/m1/s1. The van der Waals surface area contributed by atoms with Gasteiger partial charge in [-0.15, -0.1) is 0 Å². The van der Waals surface area contributed by atoms with E-state index in [-0.39, 0.29) is 6.04 Å². The summed E-state index contributed by atoms with van der Waals surface area (Å²) in [6, 6.07) is 28.4. The molecule has 0 aromatic heterocycles. The van der Waals surface area contributed by atoms with Crippen LogP contribution >= 0.6 is 11.6 Å². The summed E-state index contributed by atoms with van der Waals surface area (Å²) in [5.74, 6) is 1.68. The van der Waals surface area contributed by atoms with Crippen LogP contribution in [-0.2, 0) is 0 Å². The molecule has 0 aliphatic carbocycles. The van der Waals surface area contributed by atoms with Crippen LogP contribution in [0.15, 0.2) is 96.1 Å². The van der Waals surface area contributed by atoms with Gasteiger partial charge in [-0.3, -0.25) is 0 Å². The van der Waals surface area contributed by atoms with Gasteiger partial charge in [-0.2, -0.15) is 5.10 Å². The Morgan fingerprint density at radius 2 is 1.69 bits per heavy atom. The molecule has 0 saturated heterocycles. The van der Waals surface area contributed by atoms with Crippen LogP contribution in [0.1, 0.15) is 58.2 Å². The fraction of sp³-hybridized carbons (Fsp3) is 0.188. The number of esters is 1. The second kappa shape index (κ2) is 10.5. The molecule has 2 aliphatic rings. The summed E-state index contributed by atoms with van der Waals surface area (Å²) in [5.41, 5.74) is 5.49. The number of nitrogens with zero attached hydrogens (tertiary/aromatic N) is 2. The van der Waals surface area contributed by atoms with E-state index < -0.39 is 12.2 Å². The molecule has 0 radical (unpaired) electrons. The zero-order chi connectivity index (χ0) is 26.9. The molecule has 0 N–H and O–H groups in total. The predicted octanol–water partition coefficient (Wildman–Crippen LogP) is 7.51. The fourth-order valence-electron chi connectivity index (χ4n) is 4.92. The van der Waals surface area contributed by atoms with E-state index in [1.807, 2.05) is 85.6 Å². The molecule has 0 amide bonds. The summed E-state index contributed by atoms with van der Waals surface area (Å²) < 4.78 is 17.7. The molecule has 4 aromatic rings. The van der Waals surface area contributed by atoms with Gasteiger partial charge in [0, 0.05) is 22.6 Å². The predicted molar refractivity (Wildman–Crippen MR) is 151 cm³/mol. The zero-order valence-corrected chi connectivity index (χ0v) is 22.4. The minimum absolute atomic E-state index is 0.0296. The van der Waals surface area contributed by atoms with E-state index in [1.165, 1.54) is 0 Å². The van der Waals surface area contributed by atoms with Crippen LogP contribution in [-0.4, -0.2) is 23.3 Å². The Bertz CT molecular complexity index is 1530. The number of hydrogen-bond donors (Lipinski definition) is 0. The average molecular weight is 539 g/mol. The molecule has 4 aromatic carbocycles. The molecule has 0 bridgehead atoms. The molecule has 0 unspecified atom stereocenters. The highest BCUT2D eigenvalue weighted by atomic mass is 35.5. The van der Waals surface area contributed by atoms with Crippen LogP contribution in [0.3, 0.4) is 0 Å². The van der Waals surface area contributed by atoms with Crippen molar-refractivity contribution in [2.45, 2.75) is 32.5 Å². The summed E-state index contributed by atoms with van der Waals surface area (Å²) in [6.45, 7) is 4.57. The SMILES string of the molecule is CCOc1ccc(C2=NN3[C@H](C2)c2cc(Cl)ccc2O[C@@H]3c2ccc(OC(=O)c3ccc(C)cc3)cc2)cc1. The van der Waals surface area contributed by atoms with Crippen molar-refractivity contribution in [3.05, 3.63) is 124 Å². The Balaban J connectivity index is 1.28. The lowest BCUT2D eigenvalue weighted by Gasteiger charge is -2.38. The summed E-state index contributed by atoms with van der Waals surface area (Å²) >= 11 is 6.36. The molecular weight excluding hydrogens is 512 g/mol. The minimum atomic E-state index is -0.453. The highest BCUT2D eigenvalue weighted by Gasteiger charge is 2.41. The van der Waals surface area contributed by atoms with Gasteiger partial charge in [0.05, 0.1) is 23.9 Å². The number of halogens is 1. The van der Waals surface area contributed by atoms with E-state index in [4.69, 9.17) is 30.9 Å². The smallest absolute Gasteiger partial charge is 0.343 e. The first-order valence-corrected chi connectivity index (χ1v) is 13.3. The van der Waals surface area contributed by atoms with E-state index >= 15 is 0 Å². The molecule has 2 aliphatic heterocycles. The molecule has 2 heterocycles. The van der Waals surface area contributed by atoms with E-state index in [1.54, 1.807) is 24.3 Å². The van der Waals surface area contributed by atoms with Gasteiger partial charge in [0.15, 0.2) is 0 Å². The van der Waals surface area contributed by atoms with Crippen LogP contribution in [0.4, 0.5) is 0 Å². The summed E-state index contributed by atoms with van der Waals surface area (Å²) in [5, 5.41) is 7.67. The number of ether oxygens (including phenoxy) is 3. The molecule has 2 atom stereocenters. The highest BCUT2D eigenvalue weighted by molar-refractivity contribution is 6.30. The second-order valence-corrected chi connectivity index (χ2v) is 10.0. The third-order valence-corrected chi connectivity index (χ3v) is 7.15. The first-order chi connectivity index (χ1) is 19.0. The van der Waals surface area contributed by atoms with Crippen molar-refractivity contribution in [1.29, 1.82) is 0 Å². The first-order valence-electron chi connectivity index (χ1n) is 12.9. The van der Waals surface area contributed by atoms with E-state index in [9.17, 15) is 4.79 Å². The van der Waals surface area contributed by atoms with Crippen LogP contribution in [0, 0.1) is 6.92 Å². The topological polar surface area (TPSA) is 60.4 Å². The Kier molecular flexibility index (Phi) is 6.71. The Hall–Kier alpha value is -4.29. The molecule has 0 spiro atoms. The van der Waals surface area contributed by atoms with Gasteiger partial charge < -0.3 is 14.2 Å². The molecular formula is C32H27ClN2O4. The Morgan fingerprint density at radius 3 is 2.41 bits per heavy atom. The van der Waals surface area contributed by atoms with Gasteiger partial charge in [-0.25, -0.2) is 9.80 Å². The highest BCUT2D eigenvalue weighted by Crippen LogP contribution is 2.48. The number of fused-ring (bicyclic) bond motifs is 3. The Morgan fingerprint density at radius 1 is 0.974 bits per heavy atom. The van der Waals surface area contributed by atoms with E-state index in [0.717, 1.165) is 39.5 Å². The van der Waals surface area contributed by atoms with Gasteiger partial charge in [0.1, 0.15) is 17.2 Å². The van der Waals surface area contributed by atoms with Crippen molar-refractivity contribution in [1.82, 2.24) is 5.01 Å². The summed E-state index contributed by atoms with van der Waals surface area (Å²) in [6.07, 6.45) is 0.263. The van der Waals surface area contributed by atoms with Gasteiger partial charge in [0.25, 0.3) is 0 Å². The van der Waals surface area contributed by atoms with Crippen molar-refractivity contribution in [2.24, 2.45) is 5.10 Å². The third kappa shape index (κ3) is 5.08. The lowest BCUT2D eigenvalue weighted by atomic mass is 9.96. The summed E-state index contributed by atoms with van der Waals surface area (Å²) in [4.78, 5) is 12.6. The number of benzene rings is 4. The van der Waals surface area contributed by atoms with Crippen molar-refractivity contribution in [2.75, 3.05) is 6.61 Å². The molecule has 6 nitrogen and oxygen atoms in total. The van der Waals surface area contributed by atoms with Crippen molar-refractivity contribution < 1.29 is 19.0 Å². The van der Waals surface area contributed by atoms with Gasteiger partial charge in [-0.05, 0) is 98.3 Å². The van der Waals surface area contributed by atoms with E-state index in [0.29, 0.717) is 29.4 Å². The van der Waals surface area contributed by atoms with Crippen LogP contribution in [0.25, 0.3) is 0 Å². The minimum Gasteiger partial charge on any atom is -0.494 e. The number of hydrogen-bond acceptors (Lipinski definition) is 6.